The number of allylic oxidation sites excluding steroid dienone is 2. The molecule has 0 aliphatic carbocycles. The van der Waals surface area contributed by atoms with Crippen LogP contribution in [0.15, 0.2) is 12.2 Å². The fraction of sp³-hybridized carbons (Fsp3) is 0.911. The Hall–Kier alpha value is -1.85. The van der Waals surface area contributed by atoms with Gasteiger partial charge in [-0.2, -0.15) is 0 Å². The van der Waals surface area contributed by atoms with Crippen LogP contribution in [0.3, 0.4) is 0 Å². The van der Waals surface area contributed by atoms with Crippen LogP contribution in [-0.4, -0.2) is 37.7 Å². The van der Waals surface area contributed by atoms with E-state index in [4.69, 9.17) is 14.2 Å². The van der Waals surface area contributed by atoms with Gasteiger partial charge < -0.3 is 14.2 Å². The zero-order chi connectivity index (χ0) is 45.1. The van der Waals surface area contributed by atoms with Gasteiger partial charge in [-0.15, -0.1) is 0 Å². The molecule has 0 aromatic carbocycles. The minimum atomic E-state index is -0.645. The molecule has 0 aliphatic rings. The van der Waals surface area contributed by atoms with Crippen LogP contribution in [0.5, 0.6) is 0 Å². The molecule has 366 valence electrons. The molecule has 6 heteroatoms. The average Bonchev–Trinajstić information content (AvgIpc) is 3.27. The van der Waals surface area contributed by atoms with E-state index in [1.165, 1.54) is 205 Å². The van der Waals surface area contributed by atoms with E-state index in [1.807, 2.05) is 0 Å². The molecule has 0 heterocycles. The van der Waals surface area contributed by atoms with Crippen LogP contribution in [0, 0.1) is 5.92 Å². The van der Waals surface area contributed by atoms with Crippen LogP contribution in [0.1, 0.15) is 303 Å². The van der Waals surface area contributed by atoms with Gasteiger partial charge in [-0.25, -0.2) is 0 Å². The molecule has 0 rings (SSSR count). The highest BCUT2D eigenvalue weighted by Crippen LogP contribution is 2.17. The number of carbonyl (C=O) groups is 3. The molecule has 0 saturated heterocycles. The molecular weight excluding hydrogens is 769 g/mol. The van der Waals surface area contributed by atoms with Crippen molar-refractivity contribution in [3.63, 3.8) is 0 Å². The van der Waals surface area contributed by atoms with Crippen molar-refractivity contribution in [1.29, 1.82) is 0 Å². The normalized spacial score (nSPS) is 12.0. The number of ether oxygens (including phenoxy) is 3. The predicted molar refractivity (Wildman–Crippen MR) is 266 cm³/mol. The van der Waals surface area contributed by atoms with E-state index in [9.17, 15) is 14.4 Å². The molecule has 1 atom stereocenters. The molecule has 0 spiro atoms. The van der Waals surface area contributed by atoms with Gasteiger partial charge in [0.2, 0.25) is 0 Å². The van der Waals surface area contributed by atoms with Crippen molar-refractivity contribution >= 4 is 17.9 Å². The average molecular weight is 875 g/mol. The summed E-state index contributed by atoms with van der Waals surface area (Å²) in [5, 5.41) is 0. The molecule has 0 amide bonds. The molecule has 0 aliphatic heterocycles. The molecule has 0 bridgehead atoms. The van der Waals surface area contributed by atoms with Gasteiger partial charge in [0.1, 0.15) is 6.61 Å². The minimum Gasteiger partial charge on any atom is -0.466 e. The topological polar surface area (TPSA) is 78.9 Å². The van der Waals surface area contributed by atoms with Crippen LogP contribution >= 0.6 is 0 Å². The molecule has 0 aromatic heterocycles. The van der Waals surface area contributed by atoms with Crippen LogP contribution in [0.2, 0.25) is 0 Å². The number of carbonyl (C=O) groups excluding carboxylic acids is 3. The largest absolute Gasteiger partial charge is 0.466 e. The zero-order valence-corrected chi connectivity index (χ0v) is 41.9. The first-order valence-electron chi connectivity index (χ1n) is 27.7. The Morgan fingerprint density at radius 1 is 0.339 bits per heavy atom. The summed E-state index contributed by atoms with van der Waals surface area (Å²) in [4.78, 5) is 38.4. The summed E-state index contributed by atoms with van der Waals surface area (Å²) in [7, 11) is 0. The Morgan fingerprint density at radius 2 is 0.645 bits per heavy atom. The maximum atomic E-state index is 13.1. The Kier molecular flexibility index (Phi) is 50.2. The lowest BCUT2D eigenvalue weighted by molar-refractivity contribution is -0.156. The van der Waals surface area contributed by atoms with Crippen molar-refractivity contribution in [1.82, 2.24) is 0 Å². The second kappa shape index (κ2) is 51.8. The van der Waals surface area contributed by atoms with Gasteiger partial charge >= 0.3 is 17.9 Å². The summed E-state index contributed by atoms with van der Waals surface area (Å²) >= 11 is 0. The third kappa shape index (κ3) is 47.6. The van der Waals surface area contributed by atoms with Crippen molar-refractivity contribution in [2.24, 2.45) is 5.92 Å². The van der Waals surface area contributed by atoms with E-state index in [2.05, 4.69) is 32.9 Å². The van der Waals surface area contributed by atoms with Gasteiger partial charge in [0.25, 0.3) is 0 Å². The third-order valence-electron chi connectivity index (χ3n) is 12.6. The number of hydrogen-bond acceptors (Lipinski definition) is 6. The number of rotatable bonds is 51. The van der Waals surface area contributed by atoms with E-state index in [0.717, 1.165) is 57.8 Å². The Bertz CT molecular complexity index is 962. The van der Waals surface area contributed by atoms with Crippen LogP contribution in [-0.2, 0) is 28.6 Å². The van der Waals surface area contributed by atoms with E-state index in [1.54, 1.807) is 0 Å². The van der Waals surface area contributed by atoms with Crippen molar-refractivity contribution in [2.45, 2.75) is 303 Å². The summed E-state index contributed by atoms with van der Waals surface area (Å²) in [5.41, 5.74) is 0. The van der Waals surface area contributed by atoms with Gasteiger partial charge in [0.15, 0.2) is 0 Å². The Labute approximate surface area is 386 Å². The molecule has 6 nitrogen and oxygen atoms in total. The van der Waals surface area contributed by atoms with Crippen molar-refractivity contribution < 1.29 is 28.6 Å². The first-order chi connectivity index (χ1) is 30.5. The van der Waals surface area contributed by atoms with E-state index in [0.29, 0.717) is 19.6 Å². The van der Waals surface area contributed by atoms with E-state index >= 15 is 0 Å². The summed E-state index contributed by atoms with van der Waals surface area (Å²) < 4.78 is 16.8. The van der Waals surface area contributed by atoms with Gasteiger partial charge in [-0.05, 0) is 51.4 Å². The first-order valence-corrected chi connectivity index (χ1v) is 27.7. The second-order valence-electron chi connectivity index (χ2n) is 18.8. The fourth-order valence-electron chi connectivity index (χ4n) is 8.31. The van der Waals surface area contributed by atoms with Crippen LogP contribution in [0.25, 0.3) is 0 Å². The first kappa shape index (κ1) is 60.2. The summed E-state index contributed by atoms with van der Waals surface area (Å²) in [6.45, 7) is 7.58. The smallest absolute Gasteiger partial charge is 0.312 e. The fourth-order valence-corrected chi connectivity index (χ4v) is 8.31. The monoisotopic (exact) mass is 875 g/mol. The highest BCUT2D eigenvalue weighted by atomic mass is 16.6. The lowest BCUT2D eigenvalue weighted by Gasteiger charge is -2.16. The number of esters is 3. The van der Waals surface area contributed by atoms with Crippen molar-refractivity contribution in [3.05, 3.63) is 12.2 Å². The summed E-state index contributed by atoms with van der Waals surface area (Å²) in [6, 6.07) is 0. The molecule has 0 radical (unpaired) electrons. The lowest BCUT2D eigenvalue weighted by atomic mass is 10.0. The van der Waals surface area contributed by atoms with Gasteiger partial charge in [0.05, 0.1) is 19.1 Å². The van der Waals surface area contributed by atoms with E-state index in [-0.39, 0.29) is 37.4 Å². The predicted octanol–water partition coefficient (Wildman–Crippen LogP) is 18.0. The Morgan fingerprint density at radius 3 is 1.03 bits per heavy atom. The third-order valence-corrected chi connectivity index (χ3v) is 12.6. The maximum absolute atomic E-state index is 13.1. The van der Waals surface area contributed by atoms with Crippen LogP contribution < -0.4 is 0 Å². The number of unbranched alkanes of at least 4 members (excludes halogenated alkanes) is 37. The van der Waals surface area contributed by atoms with Gasteiger partial charge in [0, 0.05) is 12.8 Å². The summed E-state index contributed by atoms with van der Waals surface area (Å²) in [6.07, 6.45) is 57.1. The van der Waals surface area contributed by atoms with Gasteiger partial charge in [-0.3, -0.25) is 14.4 Å². The van der Waals surface area contributed by atoms with E-state index < -0.39 is 5.92 Å². The molecule has 62 heavy (non-hydrogen) atoms. The number of hydrogen-bond donors (Lipinski definition) is 0. The molecule has 0 aromatic rings. The van der Waals surface area contributed by atoms with Crippen molar-refractivity contribution in [2.75, 3.05) is 19.8 Å². The molecular formula is C56H106O6. The van der Waals surface area contributed by atoms with Crippen LogP contribution in [0.4, 0.5) is 0 Å². The van der Waals surface area contributed by atoms with Gasteiger partial charge in [-0.1, -0.05) is 251 Å². The summed E-state index contributed by atoms with van der Waals surface area (Å²) in [5.74, 6) is -1.57. The van der Waals surface area contributed by atoms with Crippen molar-refractivity contribution in [3.8, 4) is 0 Å². The lowest BCUT2D eigenvalue weighted by Crippen LogP contribution is -2.26. The Balaban J connectivity index is 4.33. The molecule has 1 unspecified atom stereocenters. The molecule has 0 N–H and O–H groups in total. The maximum Gasteiger partial charge on any atom is 0.312 e. The standard InChI is InChI=1S/C56H106O6/c1-4-7-10-13-16-19-22-25-28-29-32-35-38-41-44-47-54(57)62-52-53(56(59)61-51-46-43-40-37-34-31-27-24-21-18-15-12-9-6-3)48-49-55(58)60-50-45-42-39-36-33-30-26-23-20-17-14-11-8-5-2/h25,28,53H,4-24,26-27,29-52H2,1-3H3. The zero-order valence-electron chi connectivity index (χ0n) is 41.9. The highest BCUT2D eigenvalue weighted by Gasteiger charge is 2.24. The SMILES string of the molecule is CCCCCCCCC=CCCCCCCCC(=O)OCC(CCC(=O)OCCCCCCCCCCCCCCCC)C(=O)OCCCCCCCCCCCCCCCC. The minimum absolute atomic E-state index is 0.0340. The highest BCUT2D eigenvalue weighted by molar-refractivity contribution is 5.75. The molecule has 0 saturated carbocycles. The molecule has 0 fully saturated rings. The second-order valence-corrected chi connectivity index (χ2v) is 18.8. The quantitative estimate of drug-likeness (QED) is 0.0262.